The van der Waals surface area contributed by atoms with E-state index in [1.807, 2.05) is 11.9 Å². The summed E-state index contributed by atoms with van der Waals surface area (Å²) in [6.07, 6.45) is 2.15. The molecule has 0 radical (unpaired) electrons. The van der Waals surface area contributed by atoms with Crippen LogP contribution >= 0.6 is 11.9 Å². The number of hydrogen-bond acceptors (Lipinski definition) is 4. The second kappa shape index (κ2) is 5.95. The first-order chi connectivity index (χ1) is 6.69. The van der Waals surface area contributed by atoms with Crippen LogP contribution in [0.25, 0.3) is 0 Å². The Labute approximate surface area is 91.9 Å². The predicted octanol–water partition coefficient (Wildman–Crippen LogP) is 1.31. The third kappa shape index (κ3) is 3.12. The van der Waals surface area contributed by atoms with Crippen LogP contribution in [-0.2, 0) is 4.74 Å². The molecule has 84 valence electrons. The molecule has 0 aromatic heterocycles. The van der Waals surface area contributed by atoms with Crippen LogP contribution in [0.1, 0.15) is 13.8 Å². The van der Waals surface area contributed by atoms with Gasteiger partial charge in [-0.05, 0) is 20.1 Å². The zero-order valence-corrected chi connectivity index (χ0v) is 10.5. The summed E-state index contributed by atoms with van der Waals surface area (Å²) in [5.41, 5.74) is 0. The van der Waals surface area contributed by atoms with Crippen molar-refractivity contribution < 1.29 is 4.74 Å². The molecule has 1 aliphatic heterocycles. The van der Waals surface area contributed by atoms with E-state index >= 15 is 0 Å². The molecule has 1 aliphatic rings. The van der Waals surface area contributed by atoms with Crippen LogP contribution in [0.5, 0.6) is 0 Å². The fraction of sp³-hybridized carbons (Fsp3) is 1.00. The summed E-state index contributed by atoms with van der Waals surface area (Å²) in [5, 5.41) is 0. The molecule has 0 bridgehead atoms. The zero-order chi connectivity index (χ0) is 10.6. The van der Waals surface area contributed by atoms with Gasteiger partial charge in [-0.1, -0.05) is 11.9 Å². The molecule has 1 atom stereocenters. The van der Waals surface area contributed by atoms with E-state index in [4.69, 9.17) is 4.74 Å². The van der Waals surface area contributed by atoms with Crippen molar-refractivity contribution in [2.24, 2.45) is 0 Å². The maximum absolute atomic E-state index is 5.28. The number of piperazine rings is 1. The molecule has 0 saturated carbocycles. The molecular weight excluding hydrogens is 196 g/mol. The van der Waals surface area contributed by atoms with E-state index in [1.54, 1.807) is 7.11 Å². The van der Waals surface area contributed by atoms with Crippen molar-refractivity contribution in [3.63, 3.8) is 0 Å². The third-order valence-corrected chi connectivity index (χ3v) is 3.62. The largest absolute Gasteiger partial charge is 0.383 e. The third-order valence-electron chi connectivity index (χ3n) is 2.77. The van der Waals surface area contributed by atoms with Crippen molar-refractivity contribution in [1.29, 1.82) is 0 Å². The van der Waals surface area contributed by atoms with Crippen molar-refractivity contribution >= 4 is 11.9 Å². The first kappa shape index (κ1) is 12.3. The van der Waals surface area contributed by atoms with Crippen molar-refractivity contribution in [1.82, 2.24) is 9.21 Å². The smallest absolute Gasteiger partial charge is 0.0631 e. The van der Waals surface area contributed by atoms with Crippen molar-refractivity contribution in [2.75, 3.05) is 39.6 Å². The lowest BCUT2D eigenvalue weighted by Gasteiger charge is -2.42. The normalized spacial score (nSPS) is 25.9. The van der Waals surface area contributed by atoms with Gasteiger partial charge in [-0.15, -0.1) is 0 Å². The average molecular weight is 218 g/mol. The lowest BCUT2D eigenvalue weighted by atomic mass is 10.1. The summed E-state index contributed by atoms with van der Waals surface area (Å²) in [5.74, 6) is 0. The second-order valence-corrected chi connectivity index (χ2v) is 4.89. The molecular formula is C10H22N2OS. The van der Waals surface area contributed by atoms with E-state index < -0.39 is 0 Å². The van der Waals surface area contributed by atoms with E-state index in [1.165, 1.54) is 6.54 Å². The molecule has 1 rings (SSSR count). The Kier molecular flexibility index (Phi) is 5.23. The highest BCUT2D eigenvalue weighted by molar-refractivity contribution is 7.96. The summed E-state index contributed by atoms with van der Waals surface area (Å²) < 4.78 is 7.70. The topological polar surface area (TPSA) is 15.7 Å². The Balaban J connectivity index is 2.51. The predicted molar refractivity (Wildman–Crippen MR) is 62.6 cm³/mol. The highest BCUT2D eigenvalue weighted by atomic mass is 32.2. The first-order valence-corrected chi connectivity index (χ1v) is 6.41. The van der Waals surface area contributed by atoms with Gasteiger partial charge in [0.1, 0.15) is 0 Å². The van der Waals surface area contributed by atoms with Gasteiger partial charge in [0, 0.05) is 38.8 Å². The Morgan fingerprint density at radius 2 is 2.14 bits per heavy atom. The lowest BCUT2D eigenvalue weighted by molar-refractivity contribution is 0.0344. The highest BCUT2D eigenvalue weighted by Crippen LogP contribution is 2.17. The molecule has 0 N–H and O–H groups in total. The van der Waals surface area contributed by atoms with Gasteiger partial charge in [0.25, 0.3) is 0 Å². The van der Waals surface area contributed by atoms with E-state index in [9.17, 15) is 0 Å². The average Bonchev–Trinajstić information content (AvgIpc) is 2.17. The molecule has 1 fully saturated rings. The van der Waals surface area contributed by atoms with Crippen LogP contribution in [0.3, 0.4) is 0 Å². The highest BCUT2D eigenvalue weighted by Gasteiger charge is 2.28. The van der Waals surface area contributed by atoms with Gasteiger partial charge >= 0.3 is 0 Å². The number of nitrogens with zero attached hydrogens (tertiary/aromatic N) is 2. The molecule has 0 spiro atoms. The minimum absolute atomic E-state index is 0.557. The van der Waals surface area contributed by atoms with Crippen molar-refractivity contribution in [3.8, 4) is 0 Å². The van der Waals surface area contributed by atoms with Gasteiger partial charge in [0.15, 0.2) is 0 Å². The van der Waals surface area contributed by atoms with Crippen molar-refractivity contribution in [3.05, 3.63) is 0 Å². The number of methoxy groups -OCH3 is 1. The van der Waals surface area contributed by atoms with E-state index in [-0.39, 0.29) is 0 Å². The lowest BCUT2D eigenvalue weighted by Crippen LogP contribution is -2.55. The van der Waals surface area contributed by atoms with Crippen LogP contribution in [0.2, 0.25) is 0 Å². The van der Waals surface area contributed by atoms with E-state index in [0.29, 0.717) is 12.1 Å². The molecule has 0 aromatic carbocycles. The summed E-state index contributed by atoms with van der Waals surface area (Å²) in [6, 6.07) is 1.18. The van der Waals surface area contributed by atoms with Gasteiger partial charge in [0.05, 0.1) is 6.61 Å². The number of rotatable bonds is 4. The molecule has 0 aliphatic carbocycles. The molecule has 4 heteroatoms. The maximum atomic E-state index is 5.28. The Hall–Kier alpha value is 0.230. The monoisotopic (exact) mass is 218 g/mol. The van der Waals surface area contributed by atoms with E-state index in [0.717, 1.165) is 19.7 Å². The summed E-state index contributed by atoms with van der Waals surface area (Å²) >= 11 is 1.84. The van der Waals surface area contributed by atoms with Crippen LogP contribution in [0.15, 0.2) is 0 Å². The Bertz CT molecular complexity index is 166. The van der Waals surface area contributed by atoms with Crippen LogP contribution in [-0.4, -0.2) is 60.9 Å². The SMILES string of the molecule is COCC1CN(SC)CCN1C(C)C. The summed E-state index contributed by atoms with van der Waals surface area (Å²) in [6.45, 7) is 8.81. The van der Waals surface area contributed by atoms with Gasteiger partial charge in [0.2, 0.25) is 0 Å². The number of hydrogen-bond donors (Lipinski definition) is 0. The minimum Gasteiger partial charge on any atom is -0.383 e. The first-order valence-electron chi connectivity index (χ1n) is 5.22. The van der Waals surface area contributed by atoms with E-state index in [2.05, 4.69) is 29.3 Å². The standard InChI is InChI=1S/C10H22N2OS/c1-9(2)12-6-5-11(14-4)7-10(12)8-13-3/h9-10H,5-8H2,1-4H3. The maximum Gasteiger partial charge on any atom is 0.0631 e. The molecule has 1 unspecified atom stereocenters. The summed E-state index contributed by atoms with van der Waals surface area (Å²) in [7, 11) is 1.79. The molecule has 0 amide bonds. The van der Waals surface area contributed by atoms with Gasteiger partial charge < -0.3 is 4.74 Å². The summed E-state index contributed by atoms with van der Waals surface area (Å²) in [4.78, 5) is 2.54. The quantitative estimate of drug-likeness (QED) is 0.661. The fourth-order valence-corrected chi connectivity index (χ4v) is 2.61. The molecule has 1 heterocycles. The zero-order valence-electron chi connectivity index (χ0n) is 9.69. The molecule has 3 nitrogen and oxygen atoms in total. The molecule has 0 aromatic rings. The number of ether oxygens (including phenoxy) is 1. The van der Waals surface area contributed by atoms with Crippen LogP contribution < -0.4 is 0 Å². The van der Waals surface area contributed by atoms with Crippen molar-refractivity contribution in [2.45, 2.75) is 25.9 Å². The minimum atomic E-state index is 0.557. The Morgan fingerprint density at radius 1 is 1.43 bits per heavy atom. The Morgan fingerprint density at radius 3 is 2.64 bits per heavy atom. The second-order valence-electron chi connectivity index (χ2n) is 4.01. The van der Waals surface area contributed by atoms with Gasteiger partial charge in [-0.3, -0.25) is 4.90 Å². The van der Waals surface area contributed by atoms with Gasteiger partial charge in [-0.2, -0.15) is 0 Å². The molecule has 14 heavy (non-hydrogen) atoms. The van der Waals surface area contributed by atoms with Crippen LogP contribution in [0, 0.1) is 0 Å². The fourth-order valence-electron chi connectivity index (χ4n) is 2.03. The molecule has 1 saturated heterocycles. The van der Waals surface area contributed by atoms with Crippen LogP contribution in [0.4, 0.5) is 0 Å². The van der Waals surface area contributed by atoms with Gasteiger partial charge in [-0.25, -0.2) is 4.31 Å².